The van der Waals surface area contributed by atoms with Gasteiger partial charge >= 0.3 is 12.0 Å². The number of nitrogens with one attached hydrogen (secondary N) is 1. The number of carbonyl (C=O) groups is 4. The Labute approximate surface area is 382 Å². The number of piperazine rings is 1. The average molecular weight is 884 g/mol. The Morgan fingerprint density at radius 1 is 0.758 bits per heavy atom. The number of amides is 4. The lowest BCUT2D eigenvalue weighted by molar-refractivity contribution is -0.179. The Hall–Kier alpha value is -7.42. The molecule has 10 rings (SSSR count). The monoisotopic (exact) mass is 883 g/mol. The maximum atomic E-state index is 16.5. The molecule has 0 bridgehead atoms. The number of para-hydroxylation sites is 1. The summed E-state index contributed by atoms with van der Waals surface area (Å²) < 4.78 is 12.4. The van der Waals surface area contributed by atoms with E-state index in [1.165, 1.54) is 4.90 Å². The smallest absolute Gasteiger partial charge is 0.329 e. The molecule has 0 saturated carbocycles. The number of fused-ring (bicyclic) bond motifs is 3. The van der Waals surface area contributed by atoms with Crippen LogP contribution >= 0.6 is 0 Å². The maximum Gasteiger partial charge on any atom is 0.329 e. The lowest BCUT2D eigenvalue weighted by Crippen LogP contribution is -2.59. The van der Waals surface area contributed by atoms with Gasteiger partial charge in [0, 0.05) is 38.6 Å². The summed E-state index contributed by atoms with van der Waals surface area (Å²) in [4.78, 5) is 78.6. The number of ether oxygens (including phenoxy) is 2. The maximum absolute atomic E-state index is 16.5. The van der Waals surface area contributed by atoms with Crippen molar-refractivity contribution in [3.05, 3.63) is 186 Å². The van der Waals surface area contributed by atoms with Gasteiger partial charge in [0.1, 0.15) is 29.9 Å². The van der Waals surface area contributed by atoms with E-state index in [1.807, 2.05) is 132 Å². The third kappa shape index (κ3) is 7.22. The van der Waals surface area contributed by atoms with Crippen molar-refractivity contribution in [1.82, 2.24) is 25.1 Å². The van der Waals surface area contributed by atoms with Crippen LogP contribution in [0.4, 0.5) is 16.4 Å². The van der Waals surface area contributed by atoms with Gasteiger partial charge in [-0.1, -0.05) is 121 Å². The fourth-order valence-corrected chi connectivity index (χ4v) is 10.6. The molecule has 66 heavy (non-hydrogen) atoms. The van der Waals surface area contributed by atoms with Crippen LogP contribution in [0, 0.1) is 5.92 Å². The molecule has 4 amide bonds. The van der Waals surface area contributed by atoms with Crippen molar-refractivity contribution in [3.8, 4) is 5.75 Å². The number of cyclic esters (lactones) is 1. The van der Waals surface area contributed by atoms with Crippen LogP contribution < -0.4 is 19.9 Å². The molecule has 0 unspecified atom stereocenters. The van der Waals surface area contributed by atoms with E-state index in [9.17, 15) is 9.90 Å². The summed E-state index contributed by atoms with van der Waals surface area (Å²) >= 11 is 0. The van der Waals surface area contributed by atoms with E-state index < -0.39 is 65.4 Å². The second kappa shape index (κ2) is 17.9. The van der Waals surface area contributed by atoms with E-state index in [1.54, 1.807) is 47.6 Å². The molecule has 5 aromatic carbocycles. The summed E-state index contributed by atoms with van der Waals surface area (Å²) in [5.41, 5.74) is 1.90. The SMILES string of the molecule is C[C@@H](NC(=O)N1C(=O)[C@@]2(c3ccccc31)[C@H](c1ccc(OCCO)cc1)N1[C@H](c3ccccc3)[C@H](c3ccccc3)OC(=O)[C@H]1[C@@H]2C(=O)N1CCN(c2ncccn2)CC1)c1ccccc1. The number of hydrogen-bond acceptors (Lipinski definition) is 11. The van der Waals surface area contributed by atoms with Gasteiger partial charge in [0.15, 0.2) is 0 Å². The molecule has 6 aromatic rings. The number of imide groups is 1. The predicted molar refractivity (Wildman–Crippen MR) is 245 cm³/mol. The number of anilines is 2. The lowest BCUT2D eigenvalue weighted by Gasteiger charge is -2.46. The molecule has 5 heterocycles. The first-order chi connectivity index (χ1) is 32.3. The van der Waals surface area contributed by atoms with E-state index in [2.05, 4.69) is 15.3 Å². The molecule has 4 aliphatic rings. The summed E-state index contributed by atoms with van der Waals surface area (Å²) in [6, 6.07) is 40.6. The third-order valence-corrected chi connectivity index (χ3v) is 13.5. The number of aliphatic hydroxyl groups excluding tert-OH is 1. The molecular formula is C52H49N7O7. The van der Waals surface area contributed by atoms with Crippen LogP contribution in [0.1, 0.15) is 59.0 Å². The number of nitrogens with zero attached hydrogens (tertiary/aromatic N) is 6. The highest BCUT2D eigenvalue weighted by Crippen LogP contribution is 2.66. The van der Waals surface area contributed by atoms with E-state index in [-0.39, 0.29) is 26.3 Å². The van der Waals surface area contributed by atoms with Gasteiger partial charge in [-0.15, -0.1) is 0 Å². The highest BCUT2D eigenvalue weighted by Gasteiger charge is 2.76. The second-order valence-corrected chi connectivity index (χ2v) is 17.0. The first-order valence-corrected chi connectivity index (χ1v) is 22.3. The van der Waals surface area contributed by atoms with Gasteiger partial charge in [-0.25, -0.2) is 19.7 Å². The highest BCUT2D eigenvalue weighted by atomic mass is 16.6. The van der Waals surface area contributed by atoms with Crippen molar-refractivity contribution < 1.29 is 33.8 Å². The van der Waals surface area contributed by atoms with Crippen LogP contribution in [0.25, 0.3) is 0 Å². The number of urea groups is 1. The van der Waals surface area contributed by atoms with Crippen molar-refractivity contribution >= 4 is 35.5 Å². The number of aliphatic hydroxyl groups is 1. The molecule has 3 saturated heterocycles. The number of morpholine rings is 1. The van der Waals surface area contributed by atoms with Gasteiger partial charge in [0.2, 0.25) is 17.8 Å². The lowest BCUT2D eigenvalue weighted by atomic mass is 9.65. The minimum absolute atomic E-state index is 0.0686. The van der Waals surface area contributed by atoms with Gasteiger partial charge < -0.3 is 29.7 Å². The Balaban J connectivity index is 1.19. The topological polar surface area (TPSA) is 158 Å². The van der Waals surface area contributed by atoms with Crippen LogP contribution in [-0.4, -0.2) is 94.1 Å². The fourth-order valence-electron chi connectivity index (χ4n) is 10.6. The largest absolute Gasteiger partial charge is 0.491 e. The number of benzene rings is 5. The van der Waals surface area contributed by atoms with Gasteiger partial charge in [-0.3, -0.25) is 19.3 Å². The van der Waals surface area contributed by atoms with Crippen LogP contribution in [-0.2, 0) is 24.5 Å². The Bertz CT molecular complexity index is 2710. The quantitative estimate of drug-likeness (QED) is 0.148. The van der Waals surface area contributed by atoms with Crippen molar-refractivity contribution in [2.45, 2.75) is 42.6 Å². The van der Waals surface area contributed by atoms with Gasteiger partial charge in [-0.05, 0) is 59.0 Å². The second-order valence-electron chi connectivity index (χ2n) is 17.0. The summed E-state index contributed by atoms with van der Waals surface area (Å²) in [5.74, 6) is -2.04. The molecule has 0 radical (unpaired) electrons. The van der Waals surface area contributed by atoms with Gasteiger partial charge in [0.05, 0.1) is 36.3 Å². The van der Waals surface area contributed by atoms with E-state index >= 15 is 14.4 Å². The van der Waals surface area contributed by atoms with Crippen molar-refractivity contribution in [1.29, 1.82) is 0 Å². The zero-order chi connectivity index (χ0) is 45.4. The number of rotatable bonds is 10. The highest BCUT2D eigenvalue weighted by molar-refractivity contribution is 6.24. The number of esters is 1. The van der Waals surface area contributed by atoms with Crippen LogP contribution in [0.5, 0.6) is 5.75 Å². The summed E-state index contributed by atoms with van der Waals surface area (Å²) in [7, 11) is 0. The molecule has 1 spiro atoms. The Kier molecular flexibility index (Phi) is 11.5. The zero-order valence-electron chi connectivity index (χ0n) is 36.3. The molecule has 7 atom stereocenters. The van der Waals surface area contributed by atoms with Crippen molar-refractivity contribution in [2.24, 2.45) is 5.92 Å². The van der Waals surface area contributed by atoms with E-state index in [0.29, 0.717) is 41.6 Å². The minimum Gasteiger partial charge on any atom is -0.491 e. The molecule has 2 N–H and O–H groups in total. The van der Waals surface area contributed by atoms with Gasteiger partial charge in [-0.2, -0.15) is 0 Å². The molecule has 0 aliphatic carbocycles. The normalized spacial score (nSPS) is 24.1. The molecule has 334 valence electrons. The Morgan fingerprint density at radius 2 is 1.38 bits per heavy atom. The third-order valence-electron chi connectivity index (χ3n) is 13.5. The molecule has 1 aromatic heterocycles. The Morgan fingerprint density at radius 3 is 2.05 bits per heavy atom. The van der Waals surface area contributed by atoms with Crippen LogP contribution in [0.3, 0.4) is 0 Å². The molecule has 4 aliphatic heterocycles. The van der Waals surface area contributed by atoms with Gasteiger partial charge in [0.25, 0.3) is 0 Å². The van der Waals surface area contributed by atoms with E-state index in [0.717, 1.165) is 16.7 Å². The van der Waals surface area contributed by atoms with Crippen LogP contribution in [0.2, 0.25) is 0 Å². The minimum atomic E-state index is -1.86. The summed E-state index contributed by atoms with van der Waals surface area (Å²) in [6.07, 6.45) is 2.49. The fraction of sp³-hybridized carbons (Fsp3) is 0.269. The van der Waals surface area contributed by atoms with E-state index in [4.69, 9.17) is 9.47 Å². The average Bonchev–Trinajstić information content (AvgIpc) is 3.83. The first-order valence-electron chi connectivity index (χ1n) is 22.3. The molecule has 14 heteroatoms. The standard InChI is InChI=1S/C52H49N7O7/c1-34(35-14-5-2-6-15-35)55-51(64)58-41-21-12-11-20-40(41)52(49(58)63)42(47(61)56-28-30-57(31-29-56)50-53-26-13-27-54-50)44-48(62)66-45(37-18-9-4-10-19-37)43(36-16-7-3-8-17-36)59(44)46(52)38-22-24-39(25-23-38)65-33-32-60/h2-27,34,42-46,60H,28-33H2,1H3,(H,55,64)/t34-,42-,43-,44-,45+,46+,52-/m1/s1. The van der Waals surface area contributed by atoms with Crippen molar-refractivity contribution in [3.63, 3.8) is 0 Å². The summed E-state index contributed by atoms with van der Waals surface area (Å²) in [5, 5.41) is 12.7. The summed E-state index contributed by atoms with van der Waals surface area (Å²) in [6.45, 7) is 3.07. The molecule has 14 nitrogen and oxygen atoms in total. The first kappa shape index (κ1) is 42.5. The number of aromatic nitrogens is 2. The molecular weight excluding hydrogens is 835 g/mol. The number of carbonyl (C=O) groups excluding carboxylic acids is 4. The zero-order valence-corrected chi connectivity index (χ0v) is 36.3. The predicted octanol–water partition coefficient (Wildman–Crippen LogP) is 6.33. The van der Waals surface area contributed by atoms with Crippen LogP contribution in [0.15, 0.2) is 158 Å². The number of hydrogen-bond donors (Lipinski definition) is 2. The molecule has 3 fully saturated rings. The van der Waals surface area contributed by atoms with Crippen molar-refractivity contribution in [2.75, 3.05) is 49.2 Å².